The van der Waals surface area contributed by atoms with E-state index in [0.717, 1.165) is 42.0 Å². The molecule has 0 atom stereocenters. The van der Waals surface area contributed by atoms with Gasteiger partial charge < -0.3 is 10.5 Å². The Morgan fingerprint density at radius 2 is 2.10 bits per heavy atom. The molecule has 21 heavy (non-hydrogen) atoms. The molecule has 2 aromatic carbocycles. The lowest BCUT2D eigenvalue weighted by molar-refractivity contribution is 0.304. The molecule has 0 aliphatic carbocycles. The highest BCUT2D eigenvalue weighted by atomic mass is 79.9. The van der Waals surface area contributed by atoms with E-state index in [2.05, 4.69) is 46.1 Å². The number of fused-ring (bicyclic) bond motifs is 1. The number of halogens is 1. The zero-order valence-electron chi connectivity index (χ0n) is 12.1. The highest BCUT2D eigenvalue weighted by molar-refractivity contribution is 9.10. The first-order chi connectivity index (χ1) is 10.1. The van der Waals surface area contributed by atoms with Crippen molar-refractivity contribution in [3.05, 3.63) is 57.6 Å². The molecule has 4 heteroatoms. The van der Waals surface area contributed by atoms with Crippen LogP contribution in [0.4, 0.5) is 5.69 Å². The first-order valence-corrected chi connectivity index (χ1v) is 7.88. The summed E-state index contributed by atoms with van der Waals surface area (Å²) < 4.78 is 6.91. The SMILES string of the molecule is CN(Cc1cccc(N)c1)Cc1cc(Br)cc2c1OCC2. The Balaban J connectivity index is 1.75. The molecule has 0 amide bonds. The number of nitrogens with two attached hydrogens (primary N) is 1. The number of benzene rings is 2. The standard InChI is InChI=1S/C17H19BrN2O/c1-20(10-12-3-2-4-16(19)7-12)11-14-9-15(18)8-13-5-6-21-17(13)14/h2-4,7-9H,5-6,10-11,19H2,1H3. The van der Waals surface area contributed by atoms with Gasteiger partial charge in [-0.3, -0.25) is 4.90 Å². The van der Waals surface area contributed by atoms with E-state index in [1.807, 2.05) is 18.2 Å². The average Bonchev–Trinajstić information content (AvgIpc) is 2.86. The third-order valence-corrected chi connectivity index (χ3v) is 4.13. The van der Waals surface area contributed by atoms with Gasteiger partial charge in [0, 0.05) is 35.2 Å². The van der Waals surface area contributed by atoms with Crippen molar-refractivity contribution in [3.8, 4) is 5.75 Å². The number of ether oxygens (including phenoxy) is 1. The Morgan fingerprint density at radius 3 is 2.90 bits per heavy atom. The predicted octanol–water partition coefficient (Wildman–Crippen LogP) is 3.60. The fraction of sp³-hybridized carbons (Fsp3) is 0.294. The van der Waals surface area contributed by atoms with Gasteiger partial charge in [0.1, 0.15) is 5.75 Å². The number of nitrogens with zero attached hydrogens (tertiary/aromatic N) is 1. The zero-order chi connectivity index (χ0) is 14.8. The third kappa shape index (κ3) is 3.39. The minimum absolute atomic E-state index is 0.789. The molecular weight excluding hydrogens is 328 g/mol. The molecule has 110 valence electrons. The summed E-state index contributed by atoms with van der Waals surface area (Å²) in [7, 11) is 2.12. The molecule has 0 radical (unpaired) electrons. The predicted molar refractivity (Wildman–Crippen MR) is 89.4 cm³/mol. The molecule has 0 fully saturated rings. The molecule has 1 aliphatic rings. The molecule has 0 spiro atoms. The van der Waals surface area contributed by atoms with Crippen molar-refractivity contribution in [2.75, 3.05) is 19.4 Å². The first kappa shape index (κ1) is 14.4. The van der Waals surface area contributed by atoms with Crippen LogP contribution in [0.15, 0.2) is 40.9 Å². The van der Waals surface area contributed by atoms with Crippen molar-refractivity contribution in [3.63, 3.8) is 0 Å². The highest BCUT2D eigenvalue weighted by Crippen LogP contribution is 2.33. The van der Waals surface area contributed by atoms with Crippen molar-refractivity contribution in [2.24, 2.45) is 0 Å². The maximum absolute atomic E-state index is 5.84. The topological polar surface area (TPSA) is 38.5 Å². The van der Waals surface area contributed by atoms with E-state index in [4.69, 9.17) is 10.5 Å². The van der Waals surface area contributed by atoms with Crippen molar-refractivity contribution in [1.29, 1.82) is 0 Å². The van der Waals surface area contributed by atoms with Gasteiger partial charge in [0.2, 0.25) is 0 Å². The van der Waals surface area contributed by atoms with Crippen LogP contribution in [0.5, 0.6) is 5.75 Å². The summed E-state index contributed by atoms with van der Waals surface area (Å²) in [6.07, 6.45) is 1.00. The van der Waals surface area contributed by atoms with E-state index in [-0.39, 0.29) is 0 Å². The van der Waals surface area contributed by atoms with Gasteiger partial charge in [-0.1, -0.05) is 28.1 Å². The largest absolute Gasteiger partial charge is 0.493 e. The van der Waals surface area contributed by atoms with E-state index in [1.54, 1.807) is 0 Å². The normalized spacial score (nSPS) is 13.3. The van der Waals surface area contributed by atoms with Crippen LogP contribution in [0.2, 0.25) is 0 Å². The Kier molecular flexibility index (Phi) is 4.17. The Bertz CT molecular complexity index is 657. The summed E-state index contributed by atoms with van der Waals surface area (Å²) >= 11 is 3.59. The van der Waals surface area contributed by atoms with Crippen LogP contribution in [0.25, 0.3) is 0 Å². The Hall–Kier alpha value is -1.52. The van der Waals surface area contributed by atoms with Crippen molar-refractivity contribution in [1.82, 2.24) is 4.90 Å². The molecule has 0 unspecified atom stereocenters. The summed E-state index contributed by atoms with van der Waals surface area (Å²) in [5.41, 5.74) is 10.4. The van der Waals surface area contributed by atoms with Crippen LogP contribution >= 0.6 is 15.9 Å². The van der Waals surface area contributed by atoms with E-state index in [0.29, 0.717) is 0 Å². The van der Waals surface area contributed by atoms with Gasteiger partial charge in [0.05, 0.1) is 6.61 Å². The van der Waals surface area contributed by atoms with E-state index >= 15 is 0 Å². The molecule has 1 aliphatic heterocycles. The number of hydrogen-bond donors (Lipinski definition) is 1. The van der Waals surface area contributed by atoms with Gasteiger partial charge in [0.15, 0.2) is 0 Å². The molecule has 0 aromatic heterocycles. The second-order valence-corrected chi connectivity index (χ2v) is 6.48. The molecule has 1 heterocycles. The molecule has 0 bridgehead atoms. The van der Waals surface area contributed by atoms with E-state index < -0.39 is 0 Å². The van der Waals surface area contributed by atoms with Crippen LogP contribution in [-0.4, -0.2) is 18.6 Å². The maximum atomic E-state index is 5.84. The lowest BCUT2D eigenvalue weighted by Gasteiger charge is -2.19. The van der Waals surface area contributed by atoms with E-state index in [9.17, 15) is 0 Å². The number of nitrogen functional groups attached to an aromatic ring is 1. The molecule has 0 saturated heterocycles. The highest BCUT2D eigenvalue weighted by Gasteiger charge is 2.18. The zero-order valence-corrected chi connectivity index (χ0v) is 13.7. The molecule has 3 nitrogen and oxygen atoms in total. The van der Waals surface area contributed by atoms with Gasteiger partial charge in [0.25, 0.3) is 0 Å². The second kappa shape index (κ2) is 6.08. The fourth-order valence-electron chi connectivity index (χ4n) is 2.81. The summed E-state index contributed by atoms with van der Waals surface area (Å²) in [5.74, 6) is 1.07. The third-order valence-electron chi connectivity index (χ3n) is 3.67. The number of hydrogen-bond acceptors (Lipinski definition) is 3. The van der Waals surface area contributed by atoms with Gasteiger partial charge in [-0.05, 0) is 42.4 Å². The number of anilines is 1. The lowest BCUT2D eigenvalue weighted by atomic mass is 10.1. The molecule has 3 rings (SSSR count). The van der Waals surface area contributed by atoms with Crippen molar-refractivity contribution >= 4 is 21.6 Å². The van der Waals surface area contributed by atoms with Gasteiger partial charge in [-0.25, -0.2) is 0 Å². The van der Waals surface area contributed by atoms with Gasteiger partial charge in [-0.15, -0.1) is 0 Å². The first-order valence-electron chi connectivity index (χ1n) is 7.09. The smallest absolute Gasteiger partial charge is 0.127 e. The molecule has 0 saturated carbocycles. The summed E-state index contributed by atoms with van der Waals surface area (Å²) in [6.45, 7) is 2.51. The Morgan fingerprint density at radius 1 is 1.24 bits per heavy atom. The van der Waals surface area contributed by atoms with Crippen molar-refractivity contribution in [2.45, 2.75) is 19.5 Å². The van der Waals surface area contributed by atoms with Gasteiger partial charge >= 0.3 is 0 Å². The summed E-state index contributed by atoms with van der Waals surface area (Å²) in [6, 6.07) is 12.4. The fourth-order valence-corrected chi connectivity index (χ4v) is 3.37. The monoisotopic (exact) mass is 346 g/mol. The average molecular weight is 347 g/mol. The summed E-state index contributed by atoms with van der Waals surface area (Å²) in [4.78, 5) is 2.28. The van der Waals surface area contributed by atoms with Crippen LogP contribution in [0.3, 0.4) is 0 Å². The molecular formula is C17H19BrN2O. The van der Waals surface area contributed by atoms with Crippen LogP contribution in [0, 0.1) is 0 Å². The van der Waals surface area contributed by atoms with Crippen LogP contribution in [0.1, 0.15) is 16.7 Å². The van der Waals surface area contributed by atoms with Crippen molar-refractivity contribution < 1.29 is 4.74 Å². The minimum Gasteiger partial charge on any atom is -0.493 e. The lowest BCUT2D eigenvalue weighted by Crippen LogP contribution is -2.17. The molecule has 2 aromatic rings. The minimum atomic E-state index is 0.789. The summed E-state index contributed by atoms with van der Waals surface area (Å²) in [5, 5.41) is 0. The van der Waals surface area contributed by atoms with E-state index in [1.165, 1.54) is 16.7 Å². The second-order valence-electron chi connectivity index (χ2n) is 5.57. The van der Waals surface area contributed by atoms with Crippen LogP contribution in [-0.2, 0) is 19.5 Å². The van der Waals surface area contributed by atoms with Crippen LogP contribution < -0.4 is 10.5 Å². The quantitative estimate of drug-likeness (QED) is 0.859. The Labute approximate surface area is 133 Å². The number of rotatable bonds is 4. The maximum Gasteiger partial charge on any atom is 0.127 e. The molecule has 2 N–H and O–H groups in total. The van der Waals surface area contributed by atoms with Gasteiger partial charge in [-0.2, -0.15) is 0 Å².